The van der Waals surface area contributed by atoms with E-state index in [1.807, 2.05) is 6.07 Å². The first kappa shape index (κ1) is 14.8. The zero-order chi connectivity index (χ0) is 12.6. The van der Waals surface area contributed by atoms with Gasteiger partial charge in [0.25, 0.3) is 0 Å². The summed E-state index contributed by atoms with van der Waals surface area (Å²) in [6.07, 6.45) is 0. The van der Waals surface area contributed by atoms with Crippen molar-refractivity contribution in [1.82, 2.24) is 0 Å². The molecular formula is C11H5Br3ClIS. The minimum Gasteiger partial charge on any atom is -0.130 e. The lowest BCUT2D eigenvalue weighted by molar-refractivity contribution is 1.20. The van der Waals surface area contributed by atoms with Crippen molar-refractivity contribution in [1.29, 1.82) is 0 Å². The predicted octanol–water partition coefficient (Wildman–Crippen LogP) is 7.02. The Morgan fingerprint density at radius 1 is 1.24 bits per heavy atom. The van der Waals surface area contributed by atoms with Gasteiger partial charge >= 0.3 is 0 Å². The summed E-state index contributed by atoms with van der Waals surface area (Å²) < 4.78 is 3.28. The van der Waals surface area contributed by atoms with Crippen LogP contribution in [0.3, 0.4) is 0 Å². The molecule has 2 aromatic rings. The van der Waals surface area contributed by atoms with Gasteiger partial charge in [0.05, 0.1) is 13.6 Å². The van der Waals surface area contributed by atoms with Crippen LogP contribution in [0, 0.1) is 3.57 Å². The van der Waals surface area contributed by atoms with Crippen LogP contribution in [0.4, 0.5) is 0 Å². The number of hydrogen-bond acceptors (Lipinski definition) is 1. The first-order chi connectivity index (χ1) is 7.99. The average molecular weight is 571 g/mol. The van der Waals surface area contributed by atoms with Crippen molar-refractivity contribution in [3.8, 4) is 0 Å². The highest BCUT2D eigenvalue weighted by Gasteiger charge is 2.17. The van der Waals surface area contributed by atoms with Crippen LogP contribution in [0.1, 0.15) is 15.3 Å². The highest BCUT2D eigenvalue weighted by atomic mass is 127. The van der Waals surface area contributed by atoms with E-state index in [9.17, 15) is 0 Å². The van der Waals surface area contributed by atoms with E-state index in [1.54, 1.807) is 11.3 Å². The fourth-order valence-corrected chi connectivity index (χ4v) is 5.18. The van der Waals surface area contributed by atoms with Gasteiger partial charge in [-0.05, 0) is 68.3 Å². The summed E-state index contributed by atoms with van der Waals surface area (Å²) in [6.45, 7) is 0. The average Bonchev–Trinajstić information content (AvgIpc) is 2.62. The summed E-state index contributed by atoms with van der Waals surface area (Å²) in [5.74, 6) is 0. The summed E-state index contributed by atoms with van der Waals surface area (Å²) in [5.41, 5.74) is 1.21. The SMILES string of the molecule is Clc1cc(C(Br)c2cc(I)ccc2Br)sc1Br. The van der Waals surface area contributed by atoms with Crippen LogP contribution in [0.2, 0.25) is 5.02 Å². The van der Waals surface area contributed by atoms with E-state index in [1.165, 1.54) is 14.0 Å². The third kappa shape index (κ3) is 3.48. The fraction of sp³-hybridized carbons (Fsp3) is 0.0909. The minimum atomic E-state index is 0.153. The molecule has 0 N–H and O–H groups in total. The number of halogens is 5. The van der Waals surface area contributed by atoms with Crippen LogP contribution in [0.15, 0.2) is 32.5 Å². The molecule has 0 aliphatic rings. The molecule has 90 valence electrons. The summed E-state index contributed by atoms with van der Waals surface area (Å²) >= 11 is 20.8. The van der Waals surface area contributed by atoms with Crippen molar-refractivity contribution in [2.45, 2.75) is 4.83 Å². The molecule has 0 saturated heterocycles. The summed E-state index contributed by atoms with van der Waals surface area (Å²) in [4.78, 5) is 1.34. The second-order valence-electron chi connectivity index (χ2n) is 3.30. The van der Waals surface area contributed by atoms with Crippen molar-refractivity contribution in [3.63, 3.8) is 0 Å². The van der Waals surface area contributed by atoms with Gasteiger partial charge in [-0.2, -0.15) is 0 Å². The van der Waals surface area contributed by atoms with Crippen molar-refractivity contribution >= 4 is 93.3 Å². The smallest absolute Gasteiger partial charge is 0.0887 e. The Hall–Kier alpha value is 1.38. The van der Waals surface area contributed by atoms with Gasteiger partial charge in [0.2, 0.25) is 0 Å². The Morgan fingerprint density at radius 3 is 2.53 bits per heavy atom. The highest BCUT2D eigenvalue weighted by Crippen LogP contribution is 2.43. The number of thiophene rings is 1. The molecule has 0 amide bonds. The van der Waals surface area contributed by atoms with Crippen molar-refractivity contribution in [3.05, 3.63) is 51.6 Å². The van der Waals surface area contributed by atoms with Gasteiger partial charge in [-0.15, -0.1) is 11.3 Å². The zero-order valence-electron chi connectivity index (χ0n) is 8.18. The molecule has 1 heterocycles. The van der Waals surface area contributed by atoms with Gasteiger partial charge in [-0.3, -0.25) is 0 Å². The molecule has 0 radical (unpaired) electrons. The van der Waals surface area contributed by atoms with Gasteiger partial charge in [0.1, 0.15) is 0 Å². The lowest BCUT2D eigenvalue weighted by Crippen LogP contribution is -1.92. The van der Waals surface area contributed by atoms with Crippen LogP contribution in [0.5, 0.6) is 0 Å². The van der Waals surface area contributed by atoms with E-state index in [-0.39, 0.29) is 4.83 Å². The van der Waals surface area contributed by atoms with E-state index in [0.717, 1.165) is 13.3 Å². The molecule has 1 unspecified atom stereocenters. The molecule has 1 atom stereocenters. The standard InChI is InChI=1S/C11H5Br3ClIS/c12-7-2-1-5(16)3-6(7)10(13)9-4-8(15)11(14)17-9/h1-4,10H. The molecule has 1 aromatic carbocycles. The van der Waals surface area contributed by atoms with E-state index in [4.69, 9.17) is 11.6 Å². The number of rotatable bonds is 2. The molecule has 0 aliphatic carbocycles. The molecule has 0 fully saturated rings. The van der Waals surface area contributed by atoms with Crippen LogP contribution in [0.25, 0.3) is 0 Å². The highest BCUT2D eigenvalue weighted by molar-refractivity contribution is 14.1. The fourth-order valence-electron chi connectivity index (χ4n) is 1.35. The maximum Gasteiger partial charge on any atom is 0.0887 e. The maximum atomic E-state index is 6.06. The Balaban J connectivity index is 2.42. The maximum absolute atomic E-state index is 6.06. The molecule has 6 heteroatoms. The molecule has 0 saturated carbocycles. The number of hydrogen-bond donors (Lipinski definition) is 0. The molecule has 0 nitrogen and oxygen atoms in total. The Bertz CT molecular complexity index is 536. The minimum absolute atomic E-state index is 0.153. The lowest BCUT2D eigenvalue weighted by Gasteiger charge is -2.10. The summed E-state index contributed by atoms with van der Waals surface area (Å²) in [7, 11) is 0. The topological polar surface area (TPSA) is 0 Å². The van der Waals surface area contributed by atoms with Crippen molar-refractivity contribution < 1.29 is 0 Å². The molecule has 0 spiro atoms. The largest absolute Gasteiger partial charge is 0.130 e. The third-order valence-electron chi connectivity index (χ3n) is 2.15. The van der Waals surface area contributed by atoms with Crippen molar-refractivity contribution in [2.75, 3.05) is 0 Å². The first-order valence-corrected chi connectivity index (χ1v) is 9.30. The Morgan fingerprint density at radius 2 is 1.94 bits per heavy atom. The number of benzene rings is 1. The summed E-state index contributed by atoms with van der Waals surface area (Å²) in [6, 6.07) is 8.29. The van der Waals surface area contributed by atoms with E-state index >= 15 is 0 Å². The molecule has 0 bridgehead atoms. The van der Waals surface area contributed by atoms with E-state index < -0.39 is 0 Å². The van der Waals surface area contributed by atoms with Crippen LogP contribution in [-0.4, -0.2) is 0 Å². The normalized spacial score (nSPS) is 12.8. The summed E-state index contributed by atoms with van der Waals surface area (Å²) in [5, 5.41) is 0.760. The molecule has 0 aliphatic heterocycles. The predicted molar refractivity (Wildman–Crippen MR) is 94.7 cm³/mol. The lowest BCUT2D eigenvalue weighted by atomic mass is 10.1. The zero-order valence-corrected chi connectivity index (χ0v) is 16.7. The van der Waals surface area contributed by atoms with Crippen molar-refractivity contribution in [2.24, 2.45) is 0 Å². The van der Waals surface area contributed by atoms with Crippen LogP contribution >= 0.6 is 93.3 Å². The Labute approximate surface area is 148 Å². The second kappa shape index (κ2) is 6.22. The van der Waals surface area contributed by atoms with Gasteiger partial charge in [0, 0.05) is 12.9 Å². The monoisotopic (exact) mass is 568 g/mol. The van der Waals surface area contributed by atoms with Gasteiger partial charge < -0.3 is 0 Å². The molecule has 2 rings (SSSR count). The van der Waals surface area contributed by atoms with E-state index in [0.29, 0.717) is 0 Å². The second-order valence-corrected chi connectivity index (χ2v) is 9.12. The molecule has 1 aromatic heterocycles. The molecule has 17 heavy (non-hydrogen) atoms. The third-order valence-corrected chi connectivity index (χ3v) is 7.37. The van der Waals surface area contributed by atoms with Gasteiger partial charge in [-0.1, -0.05) is 43.5 Å². The first-order valence-electron chi connectivity index (χ1n) is 4.53. The van der Waals surface area contributed by atoms with Crippen LogP contribution < -0.4 is 0 Å². The van der Waals surface area contributed by atoms with Gasteiger partial charge in [-0.25, -0.2) is 0 Å². The van der Waals surface area contributed by atoms with E-state index in [2.05, 4.69) is 88.6 Å². The van der Waals surface area contributed by atoms with Gasteiger partial charge in [0.15, 0.2) is 0 Å². The quantitative estimate of drug-likeness (QED) is 0.269. The Kier molecular flexibility index (Phi) is 5.41. The van der Waals surface area contributed by atoms with Crippen LogP contribution in [-0.2, 0) is 0 Å². The molecular weight excluding hydrogens is 566 g/mol. The number of alkyl halides is 1.